The number of hydrogen-bond donors (Lipinski definition) is 2. The Hall–Kier alpha value is -0.0300. The standard InChI is InChI=1S/C6H9N3S.2ClH/c1-2-10-6(8-1)9-5-3-7-4-5;;/h1-2,5,7H,3-4H2,(H,8,9);2*1H. The van der Waals surface area contributed by atoms with Crippen molar-refractivity contribution in [3.63, 3.8) is 0 Å². The van der Waals surface area contributed by atoms with Crippen molar-refractivity contribution in [3.8, 4) is 0 Å². The maximum Gasteiger partial charge on any atom is 0.182 e. The van der Waals surface area contributed by atoms with Crippen molar-refractivity contribution in [2.75, 3.05) is 18.4 Å². The number of rotatable bonds is 2. The Morgan fingerprint density at radius 3 is 2.67 bits per heavy atom. The summed E-state index contributed by atoms with van der Waals surface area (Å²) in [6, 6.07) is 0.603. The molecule has 2 rings (SSSR count). The molecule has 1 aromatic heterocycles. The monoisotopic (exact) mass is 227 g/mol. The van der Waals surface area contributed by atoms with Crippen LogP contribution in [-0.4, -0.2) is 24.1 Å². The van der Waals surface area contributed by atoms with E-state index in [0.29, 0.717) is 6.04 Å². The molecule has 6 heteroatoms. The summed E-state index contributed by atoms with van der Waals surface area (Å²) in [5.74, 6) is 0. The van der Waals surface area contributed by atoms with E-state index in [-0.39, 0.29) is 24.8 Å². The van der Waals surface area contributed by atoms with E-state index >= 15 is 0 Å². The first-order chi connectivity index (χ1) is 4.95. The van der Waals surface area contributed by atoms with Crippen molar-refractivity contribution in [2.24, 2.45) is 0 Å². The smallest absolute Gasteiger partial charge is 0.182 e. The Kier molecular flexibility index (Phi) is 5.57. The molecule has 1 aromatic rings. The van der Waals surface area contributed by atoms with E-state index in [2.05, 4.69) is 15.6 Å². The normalized spacial score (nSPS) is 15.3. The molecule has 0 aliphatic carbocycles. The van der Waals surface area contributed by atoms with Gasteiger partial charge in [-0.1, -0.05) is 0 Å². The molecular weight excluding hydrogens is 217 g/mol. The van der Waals surface area contributed by atoms with Crippen LogP contribution in [0.4, 0.5) is 5.13 Å². The van der Waals surface area contributed by atoms with Gasteiger partial charge in [0.25, 0.3) is 0 Å². The van der Waals surface area contributed by atoms with Gasteiger partial charge in [-0.05, 0) is 0 Å². The van der Waals surface area contributed by atoms with Gasteiger partial charge in [-0.3, -0.25) is 0 Å². The van der Waals surface area contributed by atoms with Gasteiger partial charge in [-0.2, -0.15) is 0 Å². The molecule has 12 heavy (non-hydrogen) atoms. The predicted octanol–water partition coefficient (Wildman–Crippen LogP) is 1.37. The van der Waals surface area contributed by atoms with E-state index in [1.54, 1.807) is 11.3 Å². The first kappa shape index (κ1) is 12.0. The Labute approximate surface area is 87.8 Å². The number of anilines is 1. The number of nitrogens with zero attached hydrogens (tertiary/aromatic N) is 1. The molecule has 0 saturated carbocycles. The third kappa shape index (κ3) is 2.79. The Bertz CT molecular complexity index is 201. The summed E-state index contributed by atoms with van der Waals surface area (Å²) >= 11 is 1.65. The average molecular weight is 228 g/mol. The number of aromatic nitrogens is 1. The molecule has 0 amide bonds. The molecule has 1 fully saturated rings. The van der Waals surface area contributed by atoms with Gasteiger partial charge in [-0.25, -0.2) is 4.98 Å². The Balaban J connectivity index is 0.000000605. The van der Waals surface area contributed by atoms with E-state index in [4.69, 9.17) is 0 Å². The molecule has 70 valence electrons. The van der Waals surface area contributed by atoms with Crippen molar-refractivity contribution >= 4 is 41.3 Å². The van der Waals surface area contributed by atoms with Gasteiger partial charge in [0, 0.05) is 24.7 Å². The molecule has 3 nitrogen and oxygen atoms in total. The third-order valence-electron chi connectivity index (χ3n) is 1.54. The minimum absolute atomic E-state index is 0. The number of thiazole rings is 1. The largest absolute Gasteiger partial charge is 0.356 e. The van der Waals surface area contributed by atoms with Gasteiger partial charge in [0.15, 0.2) is 5.13 Å². The molecular formula is C6H11Cl2N3S. The van der Waals surface area contributed by atoms with Gasteiger partial charge in [-0.15, -0.1) is 36.2 Å². The summed E-state index contributed by atoms with van der Waals surface area (Å²) in [6.45, 7) is 2.14. The molecule has 2 N–H and O–H groups in total. The van der Waals surface area contributed by atoms with Crippen LogP contribution in [0.5, 0.6) is 0 Å². The van der Waals surface area contributed by atoms with Crippen LogP contribution in [0, 0.1) is 0 Å². The molecule has 0 unspecified atom stereocenters. The quantitative estimate of drug-likeness (QED) is 0.802. The zero-order valence-electron chi connectivity index (χ0n) is 6.32. The van der Waals surface area contributed by atoms with Crippen LogP contribution in [0.25, 0.3) is 0 Å². The lowest BCUT2D eigenvalue weighted by Crippen LogP contribution is -2.51. The highest BCUT2D eigenvalue weighted by Crippen LogP contribution is 2.12. The van der Waals surface area contributed by atoms with E-state index in [9.17, 15) is 0 Å². The predicted molar refractivity (Wildman–Crippen MR) is 56.9 cm³/mol. The summed E-state index contributed by atoms with van der Waals surface area (Å²) in [7, 11) is 0. The van der Waals surface area contributed by atoms with Gasteiger partial charge in [0.1, 0.15) is 0 Å². The molecule has 0 spiro atoms. The van der Waals surface area contributed by atoms with Crippen LogP contribution >= 0.6 is 36.2 Å². The lowest BCUT2D eigenvalue weighted by atomic mass is 10.2. The summed E-state index contributed by atoms with van der Waals surface area (Å²) in [4.78, 5) is 4.12. The van der Waals surface area contributed by atoms with Crippen molar-refractivity contribution in [1.29, 1.82) is 0 Å². The third-order valence-corrected chi connectivity index (χ3v) is 2.25. The molecule has 0 atom stereocenters. The van der Waals surface area contributed by atoms with Crippen LogP contribution < -0.4 is 10.6 Å². The van der Waals surface area contributed by atoms with Gasteiger partial charge in [0.2, 0.25) is 0 Å². The van der Waals surface area contributed by atoms with Gasteiger partial charge < -0.3 is 10.6 Å². The maximum absolute atomic E-state index is 4.12. The highest BCUT2D eigenvalue weighted by atomic mass is 35.5. The summed E-state index contributed by atoms with van der Waals surface area (Å²) in [5, 5.41) is 9.51. The van der Waals surface area contributed by atoms with Crippen LogP contribution in [-0.2, 0) is 0 Å². The number of nitrogens with one attached hydrogen (secondary N) is 2. The van der Waals surface area contributed by atoms with Crippen LogP contribution in [0.1, 0.15) is 0 Å². The molecule has 2 heterocycles. The fourth-order valence-corrected chi connectivity index (χ4v) is 1.47. The van der Waals surface area contributed by atoms with E-state index in [1.807, 2.05) is 11.6 Å². The molecule has 0 radical (unpaired) electrons. The lowest BCUT2D eigenvalue weighted by molar-refractivity contribution is 0.472. The first-order valence-corrected chi connectivity index (χ1v) is 4.20. The second-order valence-corrected chi connectivity index (χ2v) is 3.23. The lowest BCUT2D eigenvalue weighted by Gasteiger charge is -2.27. The van der Waals surface area contributed by atoms with E-state index in [1.165, 1.54) is 0 Å². The number of hydrogen-bond acceptors (Lipinski definition) is 4. The second-order valence-electron chi connectivity index (χ2n) is 2.34. The fourth-order valence-electron chi connectivity index (χ4n) is 0.860. The second kappa shape index (κ2) is 5.59. The Morgan fingerprint density at radius 1 is 1.50 bits per heavy atom. The molecule has 0 bridgehead atoms. The molecule has 1 saturated heterocycles. The average Bonchev–Trinajstić information content (AvgIpc) is 2.29. The SMILES string of the molecule is Cl.Cl.c1csc(NC2CNC2)n1. The van der Waals surface area contributed by atoms with E-state index in [0.717, 1.165) is 18.2 Å². The Morgan fingerprint density at radius 2 is 2.25 bits per heavy atom. The van der Waals surface area contributed by atoms with Crippen molar-refractivity contribution in [2.45, 2.75) is 6.04 Å². The summed E-state index contributed by atoms with van der Waals surface area (Å²) < 4.78 is 0. The number of halogens is 2. The maximum atomic E-state index is 4.12. The molecule has 0 aromatic carbocycles. The minimum Gasteiger partial charge on any atom is -0.356 e. The molecule has 1 aliphatic rings. The van der Waals surface area contributed by atoms with Crippen LogP contribution in [0.15, 0.2) is 11.6 Å². The summed E-state index contributed by atoms with van der Waals surface area (Å²) in [5.41, 5.74) is 0. The van der Waals surface area contributed by atoms with Crippen LogP contribution in [0.3, 0.4) is 0 Å². The first-order valence-electron chi connectivity index (χ1n) is 3.32. The molecule has 1 aliphatic heterocycles. The minimum atomic E-state index is 0. The highest BCUT2D eigenvalue weighted by Gasteiger charge is 2.16. The van der Waals surface area contributed by atoms with Crippen LogP contribution in [0.2, 0.25) is 0 Å². The zero-order valence-corrected chi connectivity index (χ0v) is 8.77. The van der Waals surface area contributed by atoms with E-state index < -0.39 is 0 Å². The fraction of sp³-hybridized carbons (Fsp3) is 0.500. The van der Waals surface area contributed by atoms with Crippen molar-refractivity contribution < 1.29 is 0 Å². The van der Waals surface area contributed by atoms with Crippen molar-refractivity contribution in [1.82, 2.24) is 10.3 Å². The van der Waals surface area contributed by atoms with Crippen molar-refractivity contribution in [3.05, 3.63) is 11.6 Å². The zero-order chi connectivity index (χ0) is 6.81. The summed E-state index contributed by atoms with van der Waals surface area (Å²) in [6.07, 6.45) is 1.82. The topological polar surface area (TPSA) is 37.0 Å². The van der Waals surface area contributed by atoms with Gasteiger partial charge >= 0.3 is 0 Å². The highest BCUT2D eigenvalue weighted by molar-refractivity contribution is 7.13. The van der Waals surface area contributed by atoms with Gasteiger partial charge in [0.05, 0.1) is 6.04 Å².